The molecule has 1 aromatic carbocycles. The number of anilines is 1. The topological polar surface area (TPSA) is 56.7 Å². The highest BCUT2D eigenvalue weighted by atomic mass is 32.1. The Bertz CT molecular complexity index is 741. The zero-order chi connectivity index (χ0) is 14.1. The smallest absolute Gasteiger partial charge is 0.110 e. The van der Waals surface area contributed by atoms with Crippen molar-refractivity contribution in [1.29, 1.82) is 0 Å². The van der Waals surface area contributed by atoms with Crippen molar-refractivity contribution in [2.75, 3.05) is 5.73 Å². The van der Waals surface area contributed by atoms with Gasteiger partial charge in [0.1, 0.15) is 5.82 Å². The Hall–Kier alpha value is -1.88. The summed E-state index contributed by atoms with van der Waals surface area (Å²) in [6, 6.07) is 5.95. The second-order valence-corrected chi connectivity index (χ2v) is 5.91. The van der Waals surface area contributed by atoms with Crippen molar-refractivity contribution in [3.8, 4) is 0 Å². The molecule has 20 heavy (non-hydrogen) atoms. The van der Waals surface area contributed by atoms with Gasteiger partial charge in [-0.3, -0.25) is 0 Å². The van der Waals surface area contributed by atoms with Crippen molar-refractivity contribution in [2.45, 2.75) is 33.2 Å². The van der Waals surface area contributed by atoms with Gasteiger partial charge in [0.25, 0.3) is 0 Å². The first kappa shape index (κ1) is 13.1. The van der Waals surface area contributed by atoms with E-state index in [0.717, 1.165) is 47.6 Å². The maximum atomic E-state index is 5.86. The second kappa shape index (κ2) is 5.25. The van der Waals surface area contributed by atoms with E-state index < -0.39 is 0 Å². The minimum atomic E-state index is 0.763. The molecule has 5 heteroatoms. The zero-order valence-electron chi connectivity index (χ0n) is 11.8. The highest BCUT2D eigenvalue weighted by molar-refractivity contribution is 7.09. The van der Waals surface area contributed by atoms with Crippen LogP contribution in [0.2, 0.25) is 0 Å². The number of fused-ring (bicyclic) bond motifs is 1. The molecule has 4 nitrogen and oxygen atoms in total. The molecule has 0 amide bonds. The van der Waals surface area contributed by atoms with Crippen molar-refractivity contribution in [3.63, 3.8) is 0 Å². The first-order valence-corrected chi connectivity index (χ1v) is 7.70. The Kier molecular flexibility index (Phi) is 3.44. The molecule has 2 N–H and O–H groups in total. The molecule has 0 unspecified atom stereocenters. The lowest BCUT2D eigenvalue weighted by molar-refractivity contribution is 0.724. The van der Waals surface area contributed by atoms with Gasteiger partial charge in [0, 0.05) is 17.0 Å². The maximum absolute atomic E-state index is 5.86. The summed E-state index contributed by atoms with van der Waals surface area (Å²) in [6.07, 6.45) is 2.06. The van der Waals surface area contributed by atoms with Gasteiger partial charge in [-0.05, 0) is 31.5 Å². The molecule has 3 aromatic rings. The summed E-state index contributed by atoms with van der Waals surface area (Å²) < 4.78 is 2.29. The average molecular weight is 286 g/mol. The first-order valence-electron chi connectivity index (χ1n) is 6.82. The number of nitrogens with two attached hydrogens (primary N) is 1. The summed E-state index contributed by atoms with van der Waals surface area (Å²) in [5.74, 6) is 1.13. The van der Waals surface area contributed by atoms with Crippen LogP contribution >= 0.6 is 11.3 Å². The van der Waals surface area contributed by atoms with Gasteiger partial charge in [0.2, 0.25) is 0 Å². The fourth-order valence-corrected chi connectivity index (χ4v) is 3.17. The monoisotopic (exact) mass is 286 g/mol. The Labute approximate surface area is 122 Å². The molecule has 0 radical (unpaired) electrons. The van der Waals surface area contributed by atoms with E-state index in [1.165, 1.54) is 4.88 Å². The van der Waals surface area contributed by atoms with Gasteiger partial charge in [0.15, 0.2) is 0 Å². The van der Waals surface area contributed by atoms with Crippen LogP contribution in [0.5, 0.6) is 0 Å². The van der Waals surface area contributed by atoms with Crippen molar-refractivity contribution in [1.82, 2.24) is 14.5 Å². The molecular weight excluding hydrogens is 268 g/mol. The standard InChI is InChI=1S/C15H18N4S/c1-3-4-15-18-12-7-11(16)5-6-13(12)19(15)8-14-10(2)17-9-20-14/h5-7,9H,3-4,8,16H2,1-2H3. The van der Waals surface area contributed by atoms with Gasteiger partial charge >= 0.3 is 0 Å². The molecular formula is C15H18N4S. The van der Waals surface area contributed by atoms with Crippen LogP contribution < -0.4 is 5.73 Å². The fraction of sp³-hybridized carbons (Fsp3) is 0.333. The van der Waals surface area contributed by atoms with Gasteiger partial charge in [-0.1, -0.05) is 6.92 Å². The lowest BCUT2D eigenvalue weighted by Crippen LogP contribution is -2.05. The summed E-state index contributed by atoms with van der Waals surface area (Å²) in [5, 5.41) is 0. The van der Waals surface area contributed by atoms with Crippen molar-refractivity contribution >= 4 is 28.1 Å². The van der Waals surface area contributed by atoms with E-state index in [4.69, 9.17) is 10.7 Å². The van der Waals surface area contributed by atoms with Gasteiger partial charge in [-0.2, -0.15) is 0 Å². The van der Waals surface area contributed by atoms with Crippen LogP contribution in [0.15, 0.2) is 23.7 Å². The highest BCUT2D eigenvalue weighted by Crippen LogP contribution is 2.23. The number of aryl methyl sites for hydroxylation is 2. The van der Waals surface area contributed by atoms with Crippen molar-refractivity contribution < 1.29 is 0 Å². The number of benzene rings is 1. The van der Waals surface area contributed by atoms with E-state index in [1.807, 2.05) is 17.6 Å². The normalized spacial score (nSPS) is 11.3. The predicted molar refractivity (Wildman–Crippen MR) is 84.1 cm³/mol. The molecule has 0 bridgehead atoms. The number of thiazole rings is 1. The van der Waals surface area contributed by atoms with E-state index in [0.29, 0.717) is 0 Å². The molecule has 0 atom stereocenters. The van der Waals surface area contributed by atoms with Crippen LogP contribution in [0.25, 0.3) is 11.0 Å². The summed E-state index contributed by atoms with van der Waals surface area (Å²) in [4.78, 5) is 10.4. The molecule has 2 aromatic heterocycles. The summed E-state index contributed by atoms with van der Waals surface area (Å²) in [7, 11) is 0. The van der Waals surface area contributed by atoms with E-state index in [9.17, 15) is 0 Å². The number of nitrogens with zero attached hydrogens (tertiary/aromatic N) is 3. The van der Waals surface area contributed by atoms with E-state index in [2.05, 4.69) is 29.5 Å². The van der Waals surface area contributed by atoms with Crippen LogP contribution in [-0.2, 0) is 13.0 Å². The van der Waals surface area contributed by atoms with Gasteiger partial charge in [-0.15, -0.1) is 11.3 Å². The van der Waals surface area contributed by atoms with E-state index in [-0.39, 0.29) is 0 Å². The predicted octanol–water partition coefficient (Wildman–Crippen LogP) is 3.38. The SMILES string of the molecule is CCCc1nc2cc(N)ccc2n1Cc1scnc1C. The lowest BCUT2D eigenvalue weighted by atomic mass is 10.2. The van der Waals surface area contributed by atoms with Gasteiger partial charge in [-0.25, -0.2) is 9.97 Å². The number of aromatic nitrogens is 3. The first-order chi connectivity index (χ1) is 9.69. The molecule has 104 valence electrons. The molecule has 0 aliphatic heterocycles. The van der Waals surface area contributed by atoms with E-state index in [1.54, 1.807) is 11.3 Å². The number of rotatable bonds is 4. The summed E-state index contributed by atoms with van der Waals surface area (Å²) >= 11 is 1.70. The second-order valence-electron chi connectivity index (χ2n) is 4.97. The van der Waals surface area contributed by atoms with Gasteiger partial charge < -0.3 is 10.3 Å². The third kappa shape index (κ3) is 2.29. The van der Waals surface area contributed by atoms with Crippen LogP contribution in [0.1, 0.15) is 29.7 Å². The highest BCUT2D eigenvalue weighted by Gasteiger charge is 2.12. The largest absolute Gasteiger partial charge is 0.399 e. The quantitative estimate of drug-likeness (QED) is 0.748. The molecule has 0 aliphatic carbocycles. The van der Waals surface area contributed by atoms with E-state index >= 15 is 0 Å². The summed E-state index contributed by atoms with van der Waals surface area (Å²) in [5.41, 5.74) is 11.8. The summed E-state index contributed by atoms with van der Waals surface area (Å²) in [6.45, 7) is 5.07. The van der Waals surface area contributed by atoms with Crippen LogP contribution in [-0.4, -0.2) is 14.5 Å². The Morgan fingerprint density at radius 1 is 1.35 bits per heavy atom. The van der Waals surface area contributed by atoms with Crippen molar-refractivity contribution in [2.24, 2.45) is 0 Å². The Morgan fingerprint density at radius 3 is 2.90 bits per heavy atom. The number of nitrogen functional groups attached to an aromatic ring is 1. The molecule has 0 saturated heterocycles. The minimum Gasteiger partial charge on any atom is -0.399 e. The zero-order valence-corrected chi connectivity index (χ0v) is 12.6. The lowest BCUT2D eigenvalue weighted by Gasteiger charge is -2.08. The molecule has 2 heterocycles. The van der Waals surface area contributed by atoms with Gasteiger partial charge in [0.05, 0.1) is 28.8 Å². The Balaban J connectivity index is 2.11. The average Bonchev–Trinajstić information content (AvgIpc) is 2.96. The third-order valence-electron chi connectivity index (χ3n) is 3.47. The molecule has 0 fully saturated rings. The third-order valence-corrected chi connectivity index (χ3v) is 4.39. The van der Waals surface area contributed by atoms with Crippen LogP contribution in [0.4, 0.5) is 5.69 Å². The van der Waals surface area contributed by atoms with Crippen LogP contribution in [0.3, 0.4) is 0 Å². The molecule has 3 rings (SSSR count). The molecule has 0 saturated carbocycles. The number of hydrogen-bond donors (Lipinski definition) is 1. The molecule has 0 spiro atoms. The van der Waals surface area contributed by atoms with Crippen LogP contribution in [0, 0.1) is 6.92 Å². The number of imidazole rings is 1. The molecule has 0 aliphatic rings. The Morgan fingerprint density at radius 2 is 2.20 bits per heavy atom. The fourth-order valence-electron chi connectivity index (χ4n) is 2.41. The maximum Gasteiger partial charge on any atom is 0.110 e. The van der Waals surface area contributed by atoms with Crippen molar-refractivity contribution in [3.05, 3.63) is 40.1 Å². The number of hydrogen-bond acceptors (Lipinski definition) is 4. The minimum absolute atomic E-state index is 0.763.